The molecule has 2 rings (SSSR count). The highest BCUT2D eigenvalue weighted by Gasteiger charge is 2.22. The monoisotopic (exact) mass is 264 g/mol. The number of hydrogen-bond acceptors (Lipinski definition) is 4. The first-order valence-electron chi connectivity index (χ1n) is 6.79. The van der Waals surface area contributed by atoms with Gasteiger partial charge in [-0.1, -0.05) is 6.92 Å². The van der Waals surface area contributed by atoms with Gasteiger partial charge in [-0.05, 0) is 19.3 Å². The number of rotatable bonds is 7. The Morgan fingerprint density at radius 3 is 3.00 bits per heavy atom. The average molecular weight is 264 g/mol. The highest BCUT2D eigenvalue weighted by Crippen LogP contribution is 2.18. The van der Waals surface area contributed by atoms with Crippen LogP contribution in [0.2, 0.25) is 0 Å². The molecule has 0 saturated heterocycles. The van der Waals surface area contributed by atoms with Crippen molar-refractivity contribution in [3.8, 4) is 0 Å². The molecule has 1 heterocycles. The number of aromatic nitrogens is 2. The van der Waals surface area contributed by atoms with Crippen LogP contribution in [0.1, 0.15) is 32.6 Å². The Bertz CT molecular complexity index is 494. The molecule has 1 aromatic rings. The summed E-state index contributed by atoms with van der Waals surface area (Å²) < 4.78 is 1.62. The van der Waals surface area contributed by atoms with E-state index < -0.39 is 0 Å². The average Bonchev–Trinajstić information content (AvgIpc) is 3.18. The normalized spacial score (nSPS) is 14.2. The molecule has 6 heteroatoms. The number of hydrogen-bond donors (Lipinski definition) is 2. The first-order valence-corrected chi connectivity index (χ1v) is 6.79. The Kier molecular flexibility index (Phi) is 4.54. The quantitative estimate of drug-likeness (QED) is 0.761. The van der Waals surface area contributed by atoms with Gasteiger partial charge in [0, 0.05) is 37.9 Å². The fourth-order valence-electron chi connectivity index (χ4n) is 1.81. The summed E-state index contributed by atoms with van der Waals surface area (Å²) in [5, 5.41) is 5.83. The van der Waals surface area contributed by atoms with E-state index in [1.807, 2.05) is 6.92 Å². The molecule has 0 bridgehead atoms. The third-order valence-electron chi connectivity index (χ3n) is 2.97. The molecular formula is C13H20N4O2. The van der Waals surface area contributed by atoms with Crippen molar-refractivity contribution in [2.24, 2.45) is 0 Å². The van der Waals surface area contributed by atoms with Crippen LogP contribution in [0.4, 0.5) is 5.82 Å². The third kappa shape index (κ3) is 4.08. The van der Waals surface area contributed by atoms with E-state index in [4.69, 9.17) is 0 Å². The molecule has 1 saturated carbocycles. The van der Waals surface area contributed by atoms with Crippen LogP contribution in [0.15, 0.2) is 17.2 Å². The lowest BCUT2D eigenvalue weighted by Crippen LogP contribution is -2.29. The summed E-state index contributed by atoms with van der Waals surface area (Å²) >= 11 is 0. The summed E-state index contributed by atoms with van der Waals surface area (Å²) in [5.74, 6) is 0.343. The second-order valence-corrected chi connectivity index (χ2v) is 4.79. The smallest absolute Gasteiger partial charge is 0.293 e. The van der Waals surface area contributed by atoms with Crippen LogP contribution in [0.3, 0.4) is 0 Å². The van der Waals surface area contributed by atoms with Gasteiger partial charge in [-0.15, -0.1) is 0 Å². The van der Waals surface area contributed by atoms with E-state index in [0.717, 1.165) is 19.3 Å². The molecular weight excluding hydrogens is 244 g/mol. The van der Waals surface area contributed by atoms with Crippen LogP contribution in [0, 0.1) is 0 Å². The van der Waals surface area contributed by atoms with E-state index in [1.165, 1.54) is 0 Å². The Morgan fingerprint density at radius 1 is 1.53 bits per heavy atom. The van der Waals surface area contributed by atoms with Gasteiger partial charge in [0.2, 0.25) is 5.91 Å². The van der Waals surface area contributed by atoms with Crippen LogP contribution in [-0.4, -0.2) is 28.0 Å². The Labute approximate surface area is 112 Å². The van der Waals surface area contributed by atoms with Crippen molar-refractivity contribution in [2.45, 2.75) is 45.2 Å². The van der Waals surface area contributed by atoms with Gasteiger partial charge < -0.3 is 15.2 Å². The maximum atomic E-state index is 12.0. The van der Waals surface area contributed by atoms with Gasteiger partial charge in [0.1, 0.15) is 0 Å². The zero-order chi connectivity index (χ0) is 13.7. The van der Waals surface area contributed by atoms with Gasteiger partial charge in [0.15, 0.2) is 5.82 Å². The van der Waals surface area contributed by atoms with Crippen molar-refractivity contribution in [3.05, 3.63) is 22.7 Å². The van der Waals surface area contributed by atoms with E-state index in [-0.39, 0.29) is 11.5 Å². The number of anilines is 1. The largest absolute Gasteiger partial charge is 0.365 e. The molecule has 2 N–H and O–H groups in total. The van der Waals surface area contributed by atoms with Crippen LogP contribution >= 0.6 is 0 Å². The first-order chi connectivity index (χ1) is 9.20. The summed E-state index contributed by atoms with van der Waals surface area (Å²) in [4.78, 5) is 27.5. The van der Waals surface area contributed by atoms with E-state index in [2.05, 4.69) is 15.6 Å². The second-order valence-electron chi connectivity index (χ2n) is 4.79. The Morgan fingerprint density at radius 2 is 2.32 bits per heavy atom. The predicted molar refractivity (Wildman–Crippen MR) is 73.1 cm³/mol. The SMILES string of the molecule is CCCn1ccnc(NCCC(=O)NC2CC2)c1=O. The van der Waals surface area contributed by atoms with Gasteiger partial charge in [0.25, 0.3) is 5.56 Å². The van der Waals surface area contributed by atoms with Crippen LogP contribution in [-0.2, 0) is 11.3 Å². The summed E-state index contributed by atoms with van der Waals surface area (Å²) in [5.41, 5.74) is -0.132. The standard InChI is InChI=1S/C13H20N4O2/c1-2-8-17-9-7-15-12(13(17)19)14-6-5-11(18)16-10-3-4-10/h7,9-10H,2-6,8H2,1H3,(H,14,15)(H,16,18). The minimum absolute atomic E-state index is 0.0276. The topological polar surface area (TPSA) is 76.0 Å². The van der Waals surface area contributed by atoms with E-state index in [1.54, 1.807) is 17.0 Å². The summed E-state index contributed by atoms with van der Waals surface area (Å²) in [7, 11) is 0. The van der Waals surface area contributed by atoms with Crippen molar-refractivity contribution >= 4 is 11.7 Å². The second kappa shape index (κ2) is 6.36. The zero-order valence-electron chi connectivity index (χ0n) is 11.2. The summed E-state index contributed by atoms with van der Waals surface area (Å²) in [6, 6.07) is 0.379. The molecule has 104 valence electrons. The lowest BCUT2D eigenvalue weighted by atomic mass is 10.4. The number of amides is 1. The first kappa shape index (κ1) is 13.6. The molecule has 1 fully saturated rings. The molecule has 0 unspecified atom stereocenters. The van der Waals surface area contributed by atoms with Crippen molar-refractivity contribution < 1.29 is 4.79 Å². The molecule has 0 aliphatic heterocycles. The fraction of sp³-hybridized carbons (Fsp3) is 0.615. The molecule has 0 radical (unpaired) electrons. The molecule has 19 heavy (non-hydrogen) atoms. The minimum Gasteiger partial charge on any atom is -0.365 e. The maximum Gasteiger partial charge on any atom is 0.293 e. The van der Waals surface area contributed by atoms with E-state index in [9.17, 15) is 9.59 Å². The van der Waals surface area contributed by atoms with Gasteiger partial charge in [-0.25, -0.2) is 4.98 Å². The van der Waals surface area contributed by atoms with Gasteiger partial charge >= 0.3 is 0 Å². The van der Waals surface area contributed by atoms with Gasteiger partial charge in [-0.3, -0.25) is 9.59 Å². The molecule has 6 nitrogen and oxygen atoms in total. The number of aryl methyl sites for hydroxylation is 1. The van der Waals surface area contributed by atoms with Crippen molar-refractivity contribution in [1.82, 2.24) is 14.9 Å². The molecule has 1 aliphatic rings. The minimum atomic E-state index is -0.132. The lowest BCUT2D eigenvalue weighted by Gasteiger charge is -2.08. The molecule has 0 spiro atoms. The van der Waals surface area contributed by atoms with Crippen LogP contribution < -0.4 is 16.2 Å². The van der Waals surface area contributed by atoms with Crippen LogP contribution in [0.25, 0.3) is 0 Å². The predicted octanol–water partition coefficient (Wildman–Crippen LogP) is 0.734. The maximum absolute atomic E-state index is 12.0. The highest BCUT2D eigenvalue weighted by atomic mass is 16.1. The van der Waals surface area contributed by atoms with E-state index in [0.29, 0.717) is 31.4 Å². The molecule has 0 atom stereocenters. The highest BCUT2D eigenvalue weighted by molar-refractivity contribution is 5.77. The molecule has 1 aliphatic carbocycles. The van der Waals surface area contributed by atoms with Crippen molar-refractivity contribution in [3.63, 3.8) is 0 Å². The molecule has 0 aromatic carbocycles. The molecule has 1 amide bonds. The third-order valence-corrected chi connectivity index (χ3v) is 2.97. The van der Waals surface area contributed by atoms with Gasteiger partial charge in [-0.2, -0.15) is 0 Å². The van der Waals surface area contributed by atoms with Crippen LogP contribution in [0.5, 0.6) is 0 Å². The summed E-state index contributed by atoms with van der Waals surface area (Å²) in [6.45, 7) is 3.12. The lowest BCUT2D eigenvalue weighted by molar-refractivity contribution is -0.120. The molecule has 1 aromatic heterocycles. The zero-order valence-corrected chi connectivity index (χ0v) is 11.2. The number of carbonyl (C=O) groups is 1. The Balaban J connectivity index is 1.83. The number of nitrogens with zero attached hydrogens (tertiary/aromatic N) is 2. The van der Waals surface area contributed by atoms with Crippen molar-refractivity contribution in [2.75, 3.05) is 11.9 Å². The van der Waals surface area contributed by atoms with E-state index >= 15 is 0 Å². The Hall–Kier alpha value is -1.85. The van der Waals surface area contributed by atoms with Gasteiger partial charge in [0.05, 0.1) is 0 Å². The fourth-order valence-corrected chi connectivity index (χ4v) is 1.81. The van der Waals surface area contributed by atoms with Crippen molar-refractivity contribution in [1.29, 1.82) is 0 Å². The summed E-state index contributed by atoms with van der Waals surface area (Å²) in [6.07, 6.45) is 6.70. The number of carbonyl (C=O) groups excluding carboxylic acids is 1. The number of nitrogens with one attached hydrogen (secondary N) is 2.